The Labute approximate surface area is 108 Å². The van der Waals surface area contributed by atoms with Crippen LogP contribution in [0.2, 0.25) is 0 Å². The summed E-state index contributed by atoms with van der Waals surface area (Å²) in [6.45, 7) is 4.91. The first-order valence-corrected chi connectivity index (χ1v) is 6.31. The van der Waals surface area contributed by atoms with Gasteiger partial charge in [0.05, 0.1) is 6.54 Å². The van der Waals surface area contributed by atoms with Gasteiger partial charge in [0.2, 0.25) is 5.91 Å². The van der Waals surface area contributed by atoms with Gasteiger partial charge in [0.25, 0.3) is 0 Å². The zero-order valence-electron chi connectivity index (χ0n) is 11.2. The third-order valence-corrected chi connectivity index (χ3v) is 3.06. The number of hydrogen-bond acceptors (Lipinski definition) is 2. The Morgan fingerprint density at radius 2 is 2.17 bits per heavy atom. The zero-order valence-corrected chi connectivity index (χ0v) is 11.2. The maximum Gasteiger partial charge on any atom is 0.236 e. The van der Waals surface area contributed by atoms with Crippen LogP contribution < -0.4 is 5.32 Å². The van der Waals surface area contributed by atoms with Crippen LogP contribution in [0.1, 0.15) is 31.9 Å². The van der Waals surface area contributed by atoms with Gasteiger partial charge in [0.1, 0.15) is 5.82 Å². The van der Waals surface area contributed by atoms with Crippen LogP contribution in [-0.2, 0) is 4.79 Å². The lowest BCUT2D eigenvalue weighted by molar-refractivity contribution is -0.128. The molecule has 1 N–H and O–H groups in total. The summed E-state index contributed by atoms with van der Waals surface area (Å²) in [5.41, 5.74) is 0.879. The van der Waals surface area contributed by atoms with Gasteiger partial charge in [-0.3, -0.25) is 4.79 Å². The molecule has 18 heavy (non-hydrogen) atoms. The van der Waals surface area contributed by atoms with Crippen LogP contribution in [0, 0.1) is 5.82 Å². The summed E-state index contributed by atoms with van der Waals surface area (Å²) in [7, 11) is 1.77. The second-order valence-corrected chi connectivity index (χ2v) is 4.30. The van der Waals surface area contributed by atoms with Crippen LogP contribution in [0.25, 0.3) is 0 Å². The van der Waals surface area contributed by atoms with Crippen LogP contribution in [0.3, 0.4) is 0 Å². The molecule has 1 aromatic carbocycles. The second-order valence-electron chi connectivity index (χ2n) is 4.30. The maximum atomic E-state index is 13.1. The fraction of sp³-hybridized carbons (Fsp3) is 0.500. The minimum atomic E-state index is -0.246. The van der Waals surface area contributed by atoms with E-state index in [0.29, 0.717) is 6.54 Å². The first-order chi connectivity index (χ1) is 8.58. The number of carbonyl (C=O) groups is 1. The number of nitrogens with zero attached hydrogens (tertiary/aromatic N) is 1. The summed E-state index contributed by atoms with van der Waals surface area (Å²) < 4.78 is 13.1. The largest absolute Gasteiger partial charge is 0.345 e. The normalized spacial score (nSPS) is 12.2. The number of amides is 1. The fourth-order valence-corrected chi connectivity index (χ4v) is 1.74. The molecule has 0 saturated heterocycles. The highest BCUT2D eigenvalue weighted by molar-refractivity contribution is 5.77. The van der Waals surface area contributed by atoms with E-state index < -0.39 is 0 Å². The smallest absolute Gasteiger partial charge is 0.236 e. The summed E-state index contributed by atoms with van der Waals surface area (Å²) in [5, 5.41) is 3.17. The lowest BCUT2D eigenvalue weighted by atomic mass is 10.0. The number of likely N-dealkylation sites (N-methyl/N-ethyl adjacent to an activating group) is 1. The van der Waals surface area contributed by atoms with Gasteiger partial charge >= 0.3 is 0 Å². The van der Waals surface area contributed by atoms with Crippen molar-refractivity contribution in [2.45, 2.75) is 26.3 Å². The molecule has 1 unspecified atom stereocenters. The Balaban J connectivity index is 2.60. The number of halogens is 1. The second kappa shape index (κ2) is 7.11. The molecule has 4 heteroatoms. The number of rotatable bonds is 6. The van der Waals surface area contributed by atoms with E-state index in [1.807, 2.05) is 19.9 Å². The molecule has 0 spiro atoms. The van der Waals surface area contributed by atoms with Gasteiger partial charge in [-0.1, -0.05) is 19.1 Å². The van der Waals surface area contributed by atoms with E-state index >= 15 is 0 Å². The SMILES string of the molecule is CCC(NCC(=O)N(C)CC)c1cccc(F)c1. The Morgan fingerprint density at radius 3 is 2.72 bits per heavy atom. The van der Waals surface area contributed by atoms with E-state index in [1.54, 1.807) is 18.0 Å². The van der Waals surface area contributed by atoms with Crippen LogP contribution >= 0.6 is 0 Å². The van der Waals surface area contributed by atoms with E-state index in [2.05, 4.69) is 5.32 Å². The van der Waals surface area contributed by atoms with Gasteiger partial charge in [-0.2, -0.15) is 0 Å². The molecule has 0 radical (unpaired) electrons. The average molecular weight is 252 g/mol. The molecular weight excluding hydrogens is 231 g/mol. The molecule has 1 rings (SSSR count). The van der Waals surface area contributed by atoms with Crippen molar-refractivity contribution >= 4 is 5.91 Å². The Morgan fingerprint density at radius 1 is 1.44 bits per heavy atom. The molecular formula is C14H21FN2O. The predicted molar refractivity (Wildman–Crippen MR) is 70.7 cm³/mol. The first kappa shape index (κ1) is 14.6. The summed E-state index contributed by atoms with van der Waals surface area (Å²) in [6, 6.07) is 6.50. The third kappa shape index (κ3) is 4.11. The molecule has 0 heterocycles. The van der Waals surface area contributed by atoms with Crippen molar-refractivity contribution in [3.8, 4) is 0 Å². The third-order valence-electron chi connectivity index (χ3n) is 3.06. The monoisotopic (exact) mass is 252 g/mol. The summed E-state index contributed by atoms with van der Waals surface area (Å²) >= 11 is 0. The molecule has 1 amide bonds. The Kier molecular flexibility index (Phi) is 5.78. The molecule has 1 atom stereocenters. The van der Waals surface area contributed by atoms with Crippen molar-refractivity contribution in [3.63, 3.8) is 0 Å². The van der Waals surface area contributed by atoms with E-state index in [0.717, 1.165) is 12.0 Å². The van der Waals surface area contributed by atoms with Crippen molar-refractivity contribution in [1.29, 1.82) is 0 Å². The number of nitrogens with one attached hydrogen (secondary N) is 1. The molecule has 0 aliphatic rings. The lowest BCUT2D eigenvalue weighted by Gasteiger charge is -2.20. The van der Waals surface area contributed by atoms with Crippen LogP contribution in [0.5, 0.6) is 0 Å². The van der Waals surface area contributed by atoms with E-state index in [9.17, 15) is 9.18 Å². The molecule has 0 aliphatic heterocycles. The summed E-state index contributed by atoms with van der Waals surface area (Å²) in [4.78, 5) is 13.3. The highest BCUT2D eigenvalue weighted by Gasteiger charge is 2.12. The maximum absolute atomic E-state index is 13.1. The van der Waals surface area contributed by atoms with E-state index in [1.165, 1.54) is 12.1 Å². The van der Waals surface area contributed by atoms with Crippen molar-refractivity contribution in [1.82, 2.24) is 10.2 Å². The molecule has 0 saturated carbocycles. The van der Waals surface area contributed by atoms with Crippen LogP contribution in [-0.4, -0.2) is 30.9 Å². The minimum absolute atomic E-state index is 0.00917. The summed E-state index contributed by atoms with van der Waals surface area (Å²) in [5.74, 6) is -0.197. The Bertz CT molecular complexity index is 395. The van der Waals surface area contributed by atoms with Crippen LogP contribution in [0.4, 0.5) is 4.39 Å². The standard InChI is InChI=1S/C14H21FN2O/c1-4-13(11-7-6-8-12(15)9-11)16-10-14(18)17(3)5-2/h6-9,13,16H,4-5,10H2,1-3H3. The van der Waals surface area contributed by atoms with Gasteiger partial charge in [0, 0.05) is 19.6 Å². The quantitative estimate of drug-likeness (QED) is 0.843. The van der Waals surface area contributed by atoms with Gasteiger partial charge in [-0.15, -0.1) is 0 Å². The van der Waals surface area contributed by atoms with Gasteiger partial charge in [-0.05, 0) is 31.0 Å². The molecule has 0 aromatic heterocycles. The molecule has 0 aliphatic carbocycles. The molecule has 3 nitrogen and oxygen atoms in total. The van der Waals surface area contributed by atoms with Crippen molar-refractivity contribution in [3.05, 3.63) is 35.6 Å². The highest BCUT2D eigenvalue weighted by atomic mass is 19.1. The molecule has 1 aromatic rings. The number of hydrogen-bond donors (Lipinski definition) is 1. The van der Waals surface area contributed by atoms with E-state index in [-0.39, 0.29) is 24.3 Å². The summed E-state index contributed by atoms with van der Waals surface area (Å²) in [6.07, 6.45) is 0.812. The molecule has 100 valence electrons. The topological polar surface area (TPSA) is 32.3 Å². The van der Waals surface area contributed by atoms with Crippen molar-refractivity contribution in [2.75, 3.05) is 20.1 Å². The minimum Gasteiger partial charge on any atom is -0.345 e. The van der Waals surface area contributed by atoms with Crippen LogP contribution in [0.15, 0.2) is 24.3 Å². The van der Waals surface area contributed by atoms with Crippen molar-refractivity contribution < 1.29 is 9.18 Å². The lowest BCUT2D eigenvalue weighted by Crippen LogP contribution is -2.36. The molecule has 0 bridgehead atoms. The Hall–Kier alpha value is -1.42. The fourth-order valence-electron chi connectivity index (χ4n) is 1.74. The van der Waals surface area contributed by atoms with Gasteiger partial charge in [0.15, 0.2) is 0 Å². The van der Waals surface area contributed by atoms with E-state index in [4.69, 9.17) is 0 Å². The van der Waals surface area contributed by atoms with Gasteiger partial charge in [-0.25, -0.2) is 4.39 Å². The molecule has 0 fully saturated rings. The predicted octanol–water partition coefficient (Wildman–Crippen LogP) is 2.34. The van der Waals surface area contributed by atoms with Crippen molar-refractivity contribution in [2.24, 2.45) is 0 Å². The highest BCUT2D eigenvalue weighted by Crippen LogP contribution is 2.17. The first-order valence-electron chi connectivity index (χ1n) is 6.31. The van der Waals surface area contributed by atoms with Gasteiger partial charge < -0.3 is 10.2 Å². The zero-order chi connectivity index (χ0) is 13.5. The number of carbonyl (C=O) groups excluding carboxylic acids is 1. The average Bonchev–Trinajstić information content (AvgIpc) is 2.38. The number of benzene rings is 1.